The van der Waals surface area contributed by atoms with Gasteiger partial charge >= 0.3 is 0 Å². The first-order valence-corrected chi connectivity index (χ1v) is 6.84. The third-order valence-corrected chi connectivity index (χ3v) is 4.43. The SMILES string of the molecule is N#CC1(c2cnc3nc(Cl)sc3c2)CCOCC1. The van der Waals surface area contributed by atoms with Crippen LogP contribution in [0, 0.1) is 11.3 Å². The van der Waals surface area contributed by atoms with Crippen molar-refractivity contribution in [2.24, 2.45) is 0 Å². The second-order valence-corrected chi connectivity index (χ2v) is 5.93. The molecule has 0 N–H and O–H groups in total. The summed E-state index contributed by atoms with van der Waals surface area (Å²) in [7, 11) is 0. The predicted molar refractivity (Wildman–Crippen MR) is 69.8 cm³/mol. The van der Waals surface area contributed by atoms with Crippen LogP contribution in [0.2, 0.25) is 4.47 Å². The van der Waals surface area contributed by atoms with Crippen molar-refractivity contribution in [1.82, 2.24) is 9.97 Å². The van der Waals surface area contributed by atoms with Crippen LogP contribution in [-0.2, 0) is 10.2 Å². The molecule has 4 nitrogen and oxygen atoms in total. The smallest absolute Gasteiger partial charge is 0.186 e. The molecule has 0 radical (unpaired) electrons. The normalized spacial score (nSPS) is 18.7. The molecule has 18 heavy (non-hydrogen) atoms. The molecule has 1 fully saturated rings. The third kappa shape index (κ3) is 1.87. The predicted octanol–water partition coefficient (Wildman–Crippen LogP) is 2.92. The first kappa shape index (κ1) is 11.8. The van der Waals surface area contributed by atoms with Crippen molar-refractivity contribution < 1.29 is 4.74 Å². The summed E-state index contributed by atoms with van der Waals surface area (Å²) >= 11 is 7.26. The molecule has 0 aliphatic carbocycles. The van der Waals surface area contributed by atoms with E-state index in [0.717, 1.165) is 10.3 Å². The summed E-state index contributed by atoms with van der Waals surface area (Å²) in [5.41, 5.74) is 1.12. The second-order valence-electron chi connectivity index (χ2n) is 4.32. The van der Waals surface area contributed by atoms with Gasteiger partial charge in [0.1, 0.15) is 0 Å². The van der Waals surface area contributed by atoms with E-state index in [1.807, 2.05) is 6.07 Å². The average Bonchev–Trinajstić information content (AvgIpc) is 2.78. The molecule has 1 aliphatic rings. The lowest BCUT2D eigenvalue weighted by molar-refractivity contribution is 0.0675. The minimum Gasteiger partial charge on any atom is -0.381 e. The Balaban J connectivity index is 2.09. The number of fused-ring (bicyclic) bond motifs is 1. The van der Waals surface area contributed by atoms with Crippen molar-refractivity contribution in [3.05, 3.63) is 22.3 Å². The van der Waals surface area contributed by atoms with Crippen LogP contribution in [0.1, 0.15) is 18.4 Å². The number of aromatic nitrogens is 2. The lowest BCUT2D eigenvalue weighted by Gasteiger charge is -2.30. The number of nitrogens with zero attached hydrogens (tertiary/aromatic N) is 3. The van der Waals surface area contributed by atoms with Crippen LogP contribution in [0.25, 0.3) is 10.3 Å². The summed E-state index contributed by atoms with van der Waals surface area (Å²) in [4.78, 5) is 8.41. The Morgan fingerprint density at radius 3 is 2.94 bits per heavy atom. The summed E-state index contributed by atoms with van der Waals surface area (Å²) in [6.07, 6.45) is 3.17. The van der Waals surface area contributed by atoms with E-state index < -0.39 is 5.41 Å². The molecule has 0 spiro atoms. The quantitative estimate of drug-likeness (QED) is 0.805. The fraction of sp³-hybridized carbons (Fsp3) is 0.417. The van der Waals surface area contributed by atoms with Crippen molar-refractivity contribution in [3.8, 4) is 6.07 Å². The van der Waals surface area contributed by atoms with Crippen LogP contribution >= 0.6 is 22.9 Å². The Morgan fingerprint density at radius 1 is 1.44 bits per heavy atom. The number of hydrogen-bond donors (Lipinski definition) is 0. The van der Waals surface area contributed by atoms with Crippen molar-refractivity contribution in [3.63, 3.8) is 0 Å². The summed E-state index contributed by atoms with van der Waals surface area (Å²) in [5, 5.41) is 9.50. The molecule has 3 heterocycles. The second kappa shape index (κ2) is 4.47. The zero-order valence-electron chi connectivity index (χ0n) is 9.52. The van der Waals surface area contributed by atoms with Gasteiger partial charge in [-0.3, -0.25) is 0 Å². The molecule has 6 heteroatoms. The van der Waals surface area contributed by atoms with Crippen LogP contribution in [0.5, 0.6) is 0 Å². The molecule has 0 aromatic carbocycles. The van der Waals surface area contributed by atoms with E-state index in [-0.39, 0.29) is 0 Å². The Bertz CT molecular complexity index is 628. The van der Waals surface area contributed by atoms with Crippen molar-refractivity contribution in [2.75, 3.05) is 13.2 Å². The van der Waals surface area contributed by atoms with Crippen LogP contribution in [0.4, 0.5) is 0 Å². The molecular weight excluding hydrogens is 270 g/mol. The molecule has 1 saturated heterocycles. The number of pyridine rings is 1. The molecular formula is C12H10ClN3OS. The zero-order valence-corrected chi connectivity index (χ0v) is 11.1. The zero-order chi connectivity index (χ0) is 12.6. The fourth-order valence-electron chi connectivity index (χ4n) is 2.24. The first-order chi connectivity index (χ1) is 8.73. The molecule has 0 bridgehead atoms. The van der Waals surface area contributed by atoms with Gasteiger partial charge in [0.15, 0.2) is 10.1 Å². The largest absolute Gasteiger partial charge is 0.381 e. The molecule has 0 unspecified atom stereocenters. The molecule has 3 rings (SSSR count). The van der Waals surface area contributed by atoms with Crippen LogP contribution in [0.3, 0.4) is 0 Å². The van der Waals surface area contributed by atoms with Gasteiger partial charge in [-0.2, -0.15) is 5.26 Å². The molecule has 0 atom stereocenters. The Labute approximate surface area is 113 Å². The standard InChI is InChI=1S/C12H10ClN3OS/c13-11-16-10-9(18-11)5-8(6-15-10)12(7-14)1-3-17-4-2-12/h5-6H,1-4H2. The maximum Gasteiger partial charge on any atom is 0.186 e. The highest BCUT2D eigenvalue weighted by Gasteiger charge is 2.35. The van der Waals surface area contributed by atoms with Crippen LogP contribution in [0.15, 0.2) is 12.3 Å². The molecule has 2 aromatic rings. The molecule has 0 saturated carbocycles. The van der Waals surface area contributed by atoms with E-state index in [2.05, 4.69) is 16.0 Å². The highest BCUT2D eigenvalue weighted by Crippen LogP contribution is 2.36. The Hall–Kier alpha value is -1.22. The summed E-state index contributed by atoms with van der Waals surface area (Å²) in [5.74, 6) is 0. The van der Waals surface area contributed by atoms with Gasteiger partial charge in [0.2, 0.25) is 0 Å². The maximum atomic E-state index is 9.50. The van der Waals surface area contributed by atoms with E-state index in [1.54, 1.807) is 6.20 Å². The molecule has 2 aromatic heterocycles. The monoisotopic (exact) mass is 279 g/mol. The molecule has 1 aliphatic heterocycles. The summed E-state index contributed by atoms with van der Waals surface area (Å²) in [6.45, 7) is 1.24. The van der Waals surface area contributed by atoms with E-state index in [0.29, 0.717) is 36.2 Å². The minimum atomic E-state index is -0.476. The minimum absolute atomic E-state index is 0.476. The molecule has 92 valence electrons. The summed E-state index contributed by atoms with van der Waals surface area (Å²) in [6, 6.07) is 4.42. The Kier molecular flexibility index (Phi) is 2.94. The number of rotatable bonds is 1. The molecule has 0 amide bonds. The summed E-state index contributed by atoms with van der Waals surface area (Å²) < 4.78 is 6.75. The van der Waals surface area contributed by atoms with Gasteiger partial charge in [0, 0.05) is 19.4 Å². The lowest BCUT2D eigenvalue weighted by Crippen LogP contribution is -2.32. The lowest BCUT2D eigenvalue weighted by atomic mass is 9.76. The van der Waals surface area contributed by atoms with E-state index in [9.17, 15) is 5.26 Å². The van der Waals surface area contributed by atoms with Gasteiger partial charge in [0.05, 0.1) is 16.2 Å². The fourth-order valence-corrected chi connectivity index (χ4v) is 3.26. The van der Waals surface area contributed by atoms with Gasteiger partial charge in [0.25, 0.3) is 0 Å². The van der Waals surface area contributed by atoms with E-state index in [4.69, 9.17) is 16.3 Å². The highest BCUT2D eigenvalue weighted by molar-refractivity contribution is 7.22. The van der Waals surface area contributed by atoms with Gasteiger partial charge in [-0.1, -0.05) is 11.6 Å². The van der Waals surface area contributed by atoms with Crippen LogP contribution < -0.4 is 0 Å². The number of thiazole rings is 1. The van der Waals surface area contributed by atoms with E-state index >= 15 is 0 Å². The number of ether oxygens (including phenoxy) is 1. The highest BCUT2D eigenvalue weighted by atomic mass is 35.5. The van der Waals surface area contributed by atoms with E-state index in [1.165, 1.54) is 11.3 Å². The first-order valence-electron chi connectivity index (χ1n) is 5.65. The number of halogens is 1. The maximum absolute atomic E-state index is 9.50. The Morgan fingerprint density at radius 2 is 2.22 bits per heavy atom. The van der Waals surface area contributed by atoms with Gasteiger partial charge in [-0.25, -0.2) is 9.97 Å². The third-order valence-electron chi connectivity index (χ3n) is 3.33. The van der Waals surface area contributed by atoms with Crippen LogP contribution in [-0.4, -0.2) is 23.2 Å². The topological polar surface area (TPSA) is 58.8 Å². The van der Waals surface area contributed by atoms with Gasteiger partial charge < -0.3 is 4.74 Å². The van der Waals surface area contributed by atoms with Gasteiger partial charge in [-0.15, -0.1) is 11.3 Å². The van der Waals surface area contributed by atoms with Crippen molar-refractivity contribution >= 4 is 33.3 Å². The van der Waals surface area contributed by atoms with Crippen molar-refractivity contribution in [1.29, 1.82) is 5.26 Å². The average molecular weight is 280 g/mol. The van der Waals surface area contributed by atoms with Crippen molar-refractivity contribution in [2.45, 2.75) is 18.3 Å². The van der Waals surface area contributed by atoms with Gasteiger partial charge in [-0.05, 0) is 24.5 Å². The number of nitriles is 1. The number of hydrogen-bond acceptors (Lipinski definition) is 5.